The van der Waals surface area contributed by atoms with Gasteiger partial charge >= 0.3 is 0 Å². The quantitative estimate of drug-likeness (QED) is 0.734. The van der Waals surface area contributed by atoms with Crippen molar-refractivity contribution in [2.45, 2.75) is 52.0 Å². The normalized spacial score (nSPS) is 22.5. The van der Waals surface area contributed by atoms with Gasteiger partial charge in [-0.2, -0.15) is 0 Å². The molecule has 1 saturated heterocycles. The van der Waals surface area contributed by atoms with Crippen molar-refractivity contribution in [3.8, 4) is 0 Å². The zero-order valence-corrected chi connectivity index (χ0v) is 9.84. The van der Waals surface area contributed by atoms with E-state index in [0.29, 0.717) is 6.04 Å². The van der Waals surface area contributed by atoms with Gasteiger partial charge in [-0.1, -0.05) is 20.3 Å². The Morgan fingerprint density at radius 3 is 2.43 bits per heavy atom. The fourth-order valence-electron chi connectivity index (χ4n) is 2.17. The molecule has 0 spiro atoms. The van der Waals surface area contributed by atoms with Crippen LogP contribution < -0.4 is 5.73 Å². The molecule has 0 aromatic rings. The van der Waals surface area contributed by atoms with E-state index >= 15 is 0 Å². The number of likely N-dealkylation sites (tertiary alicyclic amines) is 1. The Balaban J connectivity index is 2.10. The molecular formula is C12H26N2. The monoisotopic (exact) mass is 198 g/mol. The molecule has 0 aromatic heterocycles. The molecule has 0 saturated carbocycles. The minimum atomic E-state index is 0.416. The van der Waals surface area contributed by atoms with Crippen LogP contribution in [0.3, 0.4) is 0 Å². The number of nitrogens with two attached hydrogens (primary N) is 1. The van der Waals surface area contributed by atoms with Gasteiger partial charge in [0.2, 0.25) is 0 Å². The van der Waals surface area contributed by atoms with E-state index in [1.807, 2.05) is 0 Å². The standard InChI is InChI=1S/C12H26N2/c1-3-11-5-8-14(9-6-11)10-7-12(13)4-2/h11-12H,3-10,13H2,1-2H3. The van der Waals surface area contributed by atoms with Crippen LogP contribution in [0.5, 0.6) is 0 Å². The van der Waals surface area contributed by atoms with Crippen molar-refractivity contribution in [3.05, 3.63) is 0 Å². The molecule has 2 nitrogen and oxygen atoms in total. The van der Waals surface area contributed by atoms with Gasteiger partial charge in [0.15, 0.2) is 0 Å². The molecule has 0 bridgehead atoms. The van der Waals surface area contributed by atoms with Gasteiger partial charge in [-0.15, -0.1) is 0 Å². The van der Waals surface area contributed by atoms with Crippen LogP contribution in [0.2, 0.25) is 0 Å². The third-order valence-corrected chi connectivity index (χ3v) is 3.62. The van der Waals surface area contributed by atoms with Gasteiger partial charge in [0.05, 0.1) is 0 Å². The number of hydrogen-bond acceptors (Lipinski definition) is 2. The summed E-state index contributed by atoms with van der Waals surface area (Å²) in [5, 5.41) is 0. The molecule has 2 heteroatoms. The minimum absolute atomic E-state index is 0.416. The largest absolute Gasteiger partial charge is 0.328 e. The molecule has 0 aromatic carbocycles. The van der Waals surface area contributed by atoms with Crippen molar-refractivity contribution in [2.75, 3.05) is 19.6 Å². The lowest BCUT2D eigenvalue weighted by Gasteiger charge is -2.31. The van der Waals surface area contributed by atoms with Crippen LogP contribution in [0.4, 0.5) is 0 Å². The molecule has 1 aliphatic rings. The third kappa shape index (κ3) is 3.97. The second-order valence-corrected chi connectivity index (χ2v) is 4.65. The SMILES string of the molecule is CCC(N)CCN1CCC(CC)CC1. The maximum atomic E-state index is 5.92. The third-order valence-electron chi connectivity index (χ3n) is 3.62. The summed E-state index contributed by atoms with van der Waals surface area (Å²) in [6.45, 7) is 8.30. The average molecular weight is 198 g/mol. The van der Waals surface area contributed by atoms with E-state index in [-0.39, 0.29) is 0 Å². The van der Waals surface area contributed by atoms with Crippen molar-refractivity contribution in [1.82, 2.24) is 4.90 Å². The number of piperidine rings is 1. The van der Waals surface area contributed by atoms with Crippen LogP contribution >= 0.6 is 0 Å². The first-order chi connectivity index (χ1) is 6.76. The second-order valence-electron chi connectivity index (χ2n) is 4.65. The van der Waals surface area contributed by atoms with Gasteiger partial charge in [0.25, 0.3) is 0 Å². The molecule has 1 atom stereocenters. The summed E-state index contributed by atoms with van der Waals surface area (Å²) in [7, 11) is 0. The first-order valence-electron chi connectivity index (χ1n) is 6.24. The summed E-state index contributed by atoms with van der Waals surface area (Å²) in [6, 6.07) is 0.416. The molecule has 1 fully saturated rings. The van der Waals surface area contributed by atoms with Crippen LogP contribution in [-0.4, -0.2) is 30.6 Å². The fourth-order valence-corrected chi connectivity index (χ4v) is 2.17. The Bertz CT molecular complexity index is 139. The lowest BCUT2D eigenvalue weighted by Crippen LogP contribution is -2.36. The average Bonchev–Trinajstić information content (AvgIpc) is 2.26. The first kappa shape index (κ1) is 12.0. The number of nitrogens with zero attached hydrogens (tertiary/aromatic N) is 1. The van der Waals surface area contributed by atoms with Crippen molar-refractivity contribution in [1.29, 1.82) is 0 Å². The summed E-state index contributed by atoms with van der Waals surface area (Å²) in [6.07, 6.45) is 6.46. The highest BCUT2D eigenvalue weighted by Gasteiger charge is 2.17. The molecule has 0 radical (unpaired) electrons. The highest BCUT2D eigenvalue weighted by molar-refractivity contribution is 4.72. The molecule has 0 amide bonds. The molecule has 2 N–H and O–H groups in total. The van der Waals surface area contributed by atoms with E-state index < -0.39 is 0 Å². The van der Waals surface area contributed by atoms with E-state index in [2.05, 4.69) is 18.7 Å². The Morgan fingerprint density at radius 1 is 1.29 bits per heavy atom. The highest BCUT2D eigenvalue weighted by Crippen LogP contribution is 2.19. The highest BCUT2D eigenvalue weighted by atomic mass is 15.1. The van der Waals surface area contributed by atoms with Crippen LogP contribution in [0.25, 0.3) is 0 Å². The van der Waals surface area contributed by atoms with Gasteiger partial charge < -0.3 is 10.6 Å². The summed E-state index contributed by atoms with van der Waals surface area (Å²) in [5.41, 5.74) is 5.92. The molecule has 14 heavy (non-hydrogen) atoms. The topological polar surface area (TPSA) is 29.3 Å². The molecule has 1 rings (SSSR count). The maximum absolute atomic E-state index is 5.92. The first-order valence-corrected chi connectivity index (χ1v) is 6.24. The van der Waals surface area contributed by atoms with Crippen LogP contribution in [0.1, 0.15) is 46.0 Å². The summed E-state index contributed by atoms with van der Waals surface area (Å²) in [4.78, 5) is 2.58. The fraction of sp³-hybridized carbons (Fsp3) is 1.00. The van der Waals surface area contributed by atoms with Crippen molar-refractivity contribution in [2.24, 2.45) is 11.7 Å². The van der Waals surface area contributed by atoms with E-state index in [4.69, 9.17) is 5.73 Å². The minimum Gasteiger partial charge on any atom is -0.328 e. The zero-order chi connectivity index (χ0) is 10.4. The van der Waals surface area contributed by atoms with E-state index in [1.165, 1.54) is 45.3 Å². The van der Waals surface area contributed by atoms with Gasteiger partial charge in [-0.3, -0.25) is 0 Å². The molecule has 84 valence electrons. The van der Waals surface area contributed by atoms with Crippen molar-refractivity contribution >= 4 is 0 Å². The van der Waals surface area contributed by atoms with Gasteiger partial charge in [-0.25, -0.2) is 0 Å². The lowest BCUT2D eigenvalue weighted by atomic mass is 9.94. The van der Waals surface area contributed by atoms with Gasteiger partial charge in [-0.05, 0) is 51.2 Å². The molecule has 1 heterocycles. The van der Waals surface area contributed by atoms with Gasteiger partial charge in [0.1, 0.15) is 0 Å². The Kier molecular flexibility index (Phi) is 5.49. The Hall–Kier alpha value is -0.0800. The number of rotatable bonds is 5. The zero-order valence-electron chi connectivity index (χ0n) is 9.84. The summed E-state index contributed by atoms with van der Waals surface area (Å²) in [5.74, 6) is 0.992. The number of hydrogen-bond donors (Lipinski definition) is 1. The second kappa shape index (κ2) is 6.41. The predicted molar refractivity (Wildman–Crippen MR) is 62.3 cm³/mol. The van der Waals surface area contributed by atoms with Crippen LogP contribution in [0.15, 0.2) is 0 Å². The molecule has 1 unspecified atom stereocenters. The molecular weight excluding hydrogens is 172 g/mol. The molecule has 0 aliphatic carbocycles. The van der Waals surface area contributed by atoms with Crippen molar-refractivity contribution < 1.29 is 0 Å². The van der Waals surface area contributed by atoms with E-state index in [0.717, 1.165) is 12.3 Å². The summed E-state index contributed by atoms with van der Waals surface area (Å²) >= 11 is 0. The smallest absolute Gasteiger partial charge is 0.00483 e. The molecule has 1 aliphatic heterocycles. The Morgan fingerprint density at radius 2 is 1.93 bits per heavy atom. The van der Waals surface area contributed by atoms with Gasteiger partial charge in [0, 0.05) is 6.04 Å². The lowest BCUT2D eigenvalue weighted by molar-refractivity contribution is 0.176. The summed E-state index contributed by atoms with van der Waals surface area (Å²) < 4.78 is 0. The maximum Gasteiger partial charge on any atom is 0.00483 e. The van der Waals surface area contributed by atoms with Crippen LogP contribution in [-0.2, 0) is 0 Å². The van der Waals surface area contributed by atoms with E-state index in [1.54, 1.807) is 0 Å². The van der Waals surface area contributed by atoms with Crippen molar-refractivity contribution in [3.63, 3.8) is 0 Å². The predicted octanol–water partition coefficient (Wildman–Crippen LogP) is 2.24. The van der Waals surface area contributed by atoms with Crippen LogP contribution in [0, 0.1) is 5.92 Å². The Labute approximate surface area is 88.8 Å². The van der Waals surface area contributed by atoms with E-state index in [9.17, 15) is 0 Å².